The number of nitrogens with zero attached hydrogens (tertiary/aromatic N) is 4. The molecule has 0 atom stereocenters. The number of aromatic nitrogens is 2. The van der Waals surface area contributed by atoms with E-state index in [1.165, 1.54) is 19.3 Å². The number of hydrogen-bond acceptors (Lipinski definition) is 6. The van der Waals surface area contributed by atoms with Gasteiger partial charge in [0.05, 0.1) is 31.7 Å². The number of hydrogen-bond donors (Lipinski definition) is 0. The summed E-state index contributed by atoms with van der Waals surface area (Å²) < 4.78 is 13.0. The fourth-order valence-electron chi connectivity index (χ4n) is 3.85. The van der Waals surface area contributed by atoms with E-state index >= 15 is 0 Å². The summed E-state index contributed by atoms with van der Waals surface area (Å²) in [5, 5.41) is 7.09. The predicted octanol–water partition coefficient (Wildman–Crippen LogP) is 5.13. The van der Waals surface area contributed by atoms with Crippen molar-refractivity contribution in [3.05, 3.63) is 58.5 Å². The molecule has 162 valence electrons. The van der Waals surface area contributed by atoms with E-state index in [1.807, 2.05) is 41.9 Å². The molecule has 2 heterocycles. The fraction of sp³-hybridized carbons (Fsp3) is 0.375. The first-order valence-corrected chi connectivity index (χ1v) is 11.5. The summed E-state index contributed by atoms with van der Waals surface area (Å²) in [5.74, 6) is 1.50. The second-order valence-electron chi connectivity index (χ2n) is 7.62. The number of thiazole rings is 1. The number of ether oxygens (including phenoxy) is 2. The van der Waals surface area contributed by atoms with Crippen molar-refractivity contribution < 1.29 is 9.47 Å². The van der Waals surface area contributed by atoms with E-state index in [4.69, 9.17) is 19.6 Å². The van der Waals surface area contributed by atoms with Crippen LogP contribution < -0.4 is 14.3 Å². The highest BCUT2D eigenvalue weighted by molar-refractivity contribution is 7.07. The summed E-state index contributed by atoms with van der Waals surface area (Å²) in [5.41, 5.74) is 3.84. The molecule has 0 amide bonds. The molecular formula is C24H28N4O2S. The first-order chi connectivity index (χ1) is 15.2. The lowest BCUT2D eigenvalue weighted by atomic mass is 9.96. The minimum atomic E-state index is 0.362. The van der Waals surface area contributed by atoms with E-state index in [1.54, 1.807) is 38.0 Å². The Bertz CT molecular complexity index is 1110. The maximum absolute atomic E-state index is 5.67. The van der Waals surface area contributed by atoms with Crippen LogP contribution in [0.15, 0.2) is 58.2 Å². The van der Waals surface area contributed by atoms with Gasteiger partial charge in [0, 0.05) is 35.0 Å². The lowest BCUT2D eigenvalue weighted by Crippen LogP contribution is -2.19. The second kappa shape index (κ2) is 9.92. The largest absolute Gasteiger partial charge is 0.497 e. The third-order valence-electron chi connectivity index (χ3n) is 5.59. The quantitative estimate of drug-likeness (QED) is 0.503. The molecule has 1 fully saturated rings. The Morgan fingerprint density at radius 3 is 2.55 bits per heavy atom. The van der Waals surface area contributed by atoms with Gasteiger partial charge in [0.2, 0.25) is 4.80 Å². The van der Waals surface area contributed by atoms with Gasteiger partial charge in [-0.25, -0.2) is 4.68 Å². The average Bonchev–Trinajstić information content (AvgIpc) is 3.21. The van der Waals surface area contributed by atoms with Gasteiger partial charge in [-0.05, 0) is 44.0 Å². The van der Waals surface area contributed by atoms with E-state index in [0.29, 0.717) is 6.04 Å². The molecule has 0 N–H and O–H groups in total. The summed E-state index contributed by atoms with van der Waals surface area (Å²) in [6, 6.07) is 10.2. The maximum atomic E-state index is 5.67. The SMILES string of the molecule is COc1ccc(-c2csc(=NC3CCCCC3)n2N=C(C)c2ccncc2)c(OC)c1. The first-order valence-electron chi connectivity index (χ1n) is 10.6. The van der Waals surface area contributed by atoms with E-state index in [2.05, 4.69) is 10.4 Å². The molecule has 0 radical (unpaired) electrons. The van der Waals surface area contributed by atoms with Gasteiger partial charge in [-0.15, -0.1) is 11.3 Å². The zero-order chi connectivity index (χ0) is 21.6. The Labute approximate surface area is 186 Å². The highest BCUT2D eigenvalue weighted by Gasteiger charge is 2.17. The topological polar surface area (TPSA) is 61.0 Å². The van der Waals surface area contributed by atoms with Gasteiger partial charge in [0.1, 0.15) is 11.5 Å². The summed E-state index contributed by atoms with van der Waals surface area (Å²) in [7, 11) is 3.33. The Morgan fingerprint density at radius 2 is 1.84 bits per heavy atom. The summed E-state index contributed by atoms with van der Waals surface area (Å²) in [6.07, 6.45) is 9.67. The van der Waals surface area contributed by atoms with Crippen LogP contribution >= 0.6 is 11.3 Å². The molecule has 0 aliphatic heterocycles. The van der Waals surface area contributed by atoms with Gasteiger partial charge in [-0.2, -0.15) is 5.10 Å². The van der Waals surface area contributed by atoms with Crippen LogP contribution in [0.2, 0.25) is 0 Å². The number of rotatable bonds is 6. The lowest BCUT2D eigenvalue weighted by Gasteiger charge is -2.17. The number of pyridine rings is 1. The standard InChI is InChI=1S/C24H28N4O2S/c1-17(18-11-13-25-14-12-18)27-28-22(21-10-9-20(29-2)15-23(21)30-3)16-31-24(28)26-19-7-5-4-6-8-19/h9-16,19H,4-8H2,1-3H3. The van der Waals surface area contributed by atoms with Gasteiger partial charge in [0.25, 0.3) is 0 Å². The summed E-state index contributed by atoms with van der Waals surface area (Å²) in [6.45, 7) is 2.01. The van der Waals surface area contributed by atoms with Gasteiger partial charge in [-0.1, -0.05) is 19.3 Å². The third-order valence-corrected chi connectivity index (χ3v) is 6.42. The van der Waals surface area contributed by atoms with Crippen LogP contribution in [-0.4, -0.2) is 35.6 Å². The van der Waals surface area contributed by atoms with Crippen LogP contribution in [-0.2, 0) is 0 Å². The van der Waals surface area contributed by atoms with Crippen LogP contribution in [0.3, 0.4) is 0 Å². The maximum Gasteiger partial charge on any atom is 0.206 e. The van der Waals surface area contributed by atoms with Crippen molar-refractivity contribution in [3.8, 4) is 22.8 Å². The smallest absolute Gasteiger partial charge is 0.206 e. The van der Waals surface area contributed by atoms with Crippen molar-refractivity contribution in [2.24, 2.45) is 10.1 Å². The van der Waals surface area contributed by atoms with Crippen molar-refractivity contribution in [1.29, 1.82) is 0 Å². The van der Waals surface area contributed by atoms with Crippen molar-refractivity contribution in [3.63, 3.8) is 0 Å². The molecule has 2 aromatic heterocycles. The van der Waals surface area contributed by atoms with Gasteiger partial charge < -0.3 is 9.47 Å². The zero-order valence-corrected chi connectivity index (χ0v) is 19.1. The Morgan fingerprint density at radius 1 is 1.06 bits per heavy atom. The molecule has 1 saturated carbocycles. The van der Waals surface area contributed by atoms with Gasteiger partial charge in [0.15, 0.2) is 0 Å². The van der Waals surface area contributed by atoms with Crippen LogP contribution in [0, 0.1) is 0 Å². The van der Waals surface area contributed by atoms with Crippen molar-refractivity contribution in [2.75, 3.05) is 14.2 Å². The Balaban J connectivity index is 1.85. The average molecular weight is 437 g/mol. The molecule has 31 heavy (non-hydrogen) atoms. The van der Waals surface area contributed by atoms with Gasteiger partial charge in [-0.3, -0.25) is 9.98 Å². The molecule has 1 aromatic carbocycles. The predicted molar refractivity (Wildman–Crippen MR) is 125 cm³/mol. The van der Waals surface area contributed by atoms with Crippen LogP contribution in [0.4, 0.5) is 0 Å². The van der Waals surface area contributed by atoms with Crippen LogP contribution in [0.25, 0.3) is 11.3 Å². The third kappa shape index (κ3) is 4.88. The van der Waals surface area contributed by atoms with Crippen molar-refractivity contribution in [1.82, 2.24) is 9.66 Å². The molecule has 3 aromatic rings. The molecule has 0 saturated heterocycles. The van der Waals surface area contributed by atoms with Crippen molar-refractivity contribution in [2.45, 2.75) is 45.1 Å². The highest BCUT2D eigenvalue weighted by atomic mass is 32.1. The molecule has 0 spiro atoms. The Kier molecular flexibility index (Phi) is 6.82. The molecule has 6 nitrogen and oxygen atoms in total. The van der Waals surface area contributed by atoms with E-state index in [9.17, 15) is 0 Å². The van der Waals surface area contributed by atoms with Crippen LogP contribution in [0.5, 0.6) is 11.5 Å². The van der Waals surface area contributed by atoms with Gasteiger partial charge >= 0.3 is 0 Å². The lowest BCUT2D eigenvalue weighted by molar-refractivity contribution is 0.395. The molecular weight excluding hydrogens is 408 g/mol. The van der Waals surface area contributed by atoms with E-state index in [0.717, 1.165) is 51.7 Å². The number of benzene rings is 1. The minimum absolute atomic E-state index is 0.362. The monoisotopic (exact) mass is 436 g/mol. The molecule has 7 heteroatoms. The number of methoxy groups -OCH3 is 2. The zero-order valence-electron chi connectivity index (χ0n) is 18.2. The fourth-order valence-corrected chi connectivity index (χ4v) is 4.74. The molecule has 1 aliphatic carbocycles. The Hall–Kier alpha value is -2.93. The molecule has 1 aliphatic rings. The minimum Gasteiger partial charge on any atom is -0.497 e. The summed E-state index contributed by atoms with van der Waals surface area (Å²) in [4.78, 5) is 10.1. The molecule has 0 bridgehead atoms. The van der Waals surface area contributed by atoms with E-state index < -0.39 is 0 Å². The van der Waals surface area contributed by atoms with E-state index in [-0.39, 0.29) is 0 Å². The summed E-state index contributed by atoms with van der Waals surface area (Å²) >= 11 is 1.62. The normalized spacial score (nSPS) is 15.8. The first kappa shape index (κ1) is 21.3. The van der Waals surface area contributed by atoms with Crippen LogP contribution in [0.1, 0.15) is 44.6 Å². The highest BCUT2D eigenvalue weighted by Crippen LogP contribution is 2.34. The molecule has 4 rings (SSSR count). The van der Waals surface area contributed by atoms with Crippen molar-refractivity contribution >= 4 is 17.0 Å². The molecule has 0 unspecified atom stereocenters. The second-order valence-corrected chi connectivity index (χ2v) is 8.46.